The molecular formula is C21H19F3N2O2. The van der Waals surface area contributed by atoms with Gasteiger partial charge in [0.1, 0.15) is 6.61 Å². The van der Waals surface area contributed by atoms with Crippen LogP contribution in [-0.2, 0) is 29.1 Å². The third-order valence-electron chi connectivity index (χ3n) is 4.11. The maximum absolute atomic E-state index is 12.3. The van der Waals surface area contributed by atoms with Gasteiger partial charge >= 0.3 is 6.18 Å². The van der Waals surface area contributed by atoms with E-state index in [0.29, 0.717) is 12.1 Å². The molecule has 0 bridgehead atoms. The van der Waals surface area contributed by atoms with E-state index in [0.717, 1.165) is 22.0 Å². The standard InChI is InChI=1S/C21H19F3N2O2/c22-21(23,24)14-28-13-16-8-6-15(7-9-16)12-26-19(27)11-18-4-1-3-17-5-2-10-25-20(17)18/h1-10H,11-14H2,(H,26,27). The van der Waals surface area contributed by atoms with E-state index in [1.165, 1.54) is 0 Å². The number of carbonyl (C=O) groups excluding carboxylic acids is 1. The molecule has 4 nitrogen and oxygen atoms in total. The first-order chi connectivity index (χ1) is 13.4. The Hall–Kier alpha value is -2.93. The minimum absolute atomic E-state index is 0.111. The number of pyridine rings is 1. The molecule has 0 aliphatic heterocycles. The number of hydrogen-bond donors (Lipinski definition) is 1. The monoisotopic (exact) mass is 388 g/mol. The number of rotatable bonds is 7. The molecule has 0 spiro atoms. The number of benzene rings is 2. The lowest BCUT2D eigenvalue weighted by atomic mass is 10.1. The second-order valence-electron chi connectivity index (χ2n) is 6.37. The second-order valence-corrected chi connectivity index (χ2v) is 6.37. The molecule has 7 heteroatoms. The SMILES string of the molecule is O=C(Cc1cccc2cccnc12)NCc1ccc(COCC(F)(F)F)cc1. The van der Waals surface area contributed by atoms with Crippen molar-refractivity contribution in [2.75, 3.05) is 6.61 Å². The van der Waals surface area contributed by atoms with Crippen LogP contribution in [-0.4, -0.2) is 23.7 Å². The van der Waals surface area contributed by atoms with E-state index in [-0.39, 0.29) is 18.9 Å². The predicted molar refractivity (Wildman–Crippen MR) is 99.4 cm³/mol. The summed E-state index contributed by atoms with van der Waals surface area (Å²) >= 11 is 0. The highest BCUT2D eigenvalue weighted by Crippen LogP contribution is 2.17. The molecule has 1 heterocycles. The molecule has 1 aromatic heterocycles. The number of aromatic nitrogens is 1. The van der Waals surface area contributed by atoms with Crippen molar-refractivity contribution in [3.8, 4) is 0 Å². The highest BCUT2D eigenvalue weighted by atomic mass is 19.4. The largest absolute Gasteiger partial charge is 0.411 e. The molecule has 3 aromatic rings. The first kappa shape index (κ1) is 19.8. The minimum atomic E-state index is -4.33. The Morgan fingerprint density at radius 3 is 2.46 bits per heavy atom. The summed E-state index contributed by atoms with van der Waals surface area (Å²) in [7, 11) is 0. The molecule has 0 saturated carbocycles. The van der Waals surface area contributed by atoms with E-state index in [1.54, 1.807) is 30.5 Å². The number of carbonyl (C=O) groups is 1. The Bertz CT molecular complexity index is 935. The lowest BCUT2D eigenvalue weighted by Crippen LogP contribution is -2.24. The molecule has 0 saturated heterocycles. The topological polar surface area (TPSA) is 51.2 Å². The maximum Gasteiger partial charge on any atom is 0.411 e. The molecule has 0 radical (unpaired) electrons. The van der Waals surface area contributed by atoms with Gasteiger partial charge in [-0.3, -0.25) is 9.78 Å². The van der Waals surface area contributed by atoms with Gasteiger partial charge in [0, 0.05) is 18.1 Å². The number of para-hydroxylation sites is 1. The average molecular weight is 388 g/mol. The molecule has 0 atom stereocenters. The number of fused-ring (bicyclic) bond motifs is 1. The van der Waals surface area contributed by atoms with E-state index in [2.05, 4.69) is 15.0 Å². The van der Waals surface area contributed by atoms with Crippen LogP contribution in [0.5, 0.6) is 0 Å². The van der Waals surface area contributed by atoms with E-state index in [4.69, 9.17) is 0 Å². The maximum atomic E-state index is 12.3. The molecule has 1 amide bonds. The molecule has 3 rings (SSSR count). The zero-order valence-electron chi connectivity index (χ0n) is 15.0. The van der Waals surface area contributed by atoms with Gasteiger partial charge in [-0.05, 0) is 22.8 Å². The van der Waals surface area contributed by atoms with Gasteiger partial charge in [-0.15, -0.1) is 0 Å². The fourth-order valence-corrected chi connectivity index (χ4v) is 2.78. The molecule has 0 unspecified atom stereocenters. The minimum Gasteiger partial charge on any atom is -0.367 e. The van der Waals surface area contributed by atoms with Crippen molar-refractivity contribution in [1.82, 2.24) is 10.3 Å². The highest BCUT2D eigenvalue weighted by Gasteiger charge is 2.27. The van der Waals surface area contributed by atoms with Crippen LogP contribution in [0.25, 0.3) is 10.9 Å². The van der Waals surface area contributed by atoms with Crippen LogP contribution in [0.4, 0.5) is 13.2 Å². The molecule has 0 aliphatic rings. The second kappa shape index (κ2) is 8.84. The molecule has 0 fully saturated rings. The quantitative estimate of drug-likeness (QED) is 0.661. The molecule has 0 aliphatic carbocycles. The van der Waals surface area contributed by atoms with Gasteiger partial charge in [-0.25, -0.2) is 0 Å². The normalized spacial score (nSPS) is 11.5. The third-order valence-corrected chi connectivity index (χ3v) is 4.11. The molecule has 2 aromatic carbocycles. The Morgan fingerprint density at radius 2 is 1.71 bits per heavy atom. The summed E-state index contributed by atoms with van der Waals surface area (Å²) in [5.74, 6) is -0.129. The molecule has 146 valence electrons. The van der Waals surface area contributed by atoms with Crippen LogP contribution in [0, 0.1) is 0 Å². The zero-order valence-corrected chi connectivity index (χ0v) is 15.0. The van der Waals surface area contributed by atoms with Crippen LogP contribution in [0.15, 0.2) is 60.8 Å². The number of alkyl halides is 3. The van der Waals surface area contributed by atoms with E-state index in [1.807, 2.05) is 30.3 Å². The lowest BCUT2D eigenvalue weighted by molar-refractivity contribution is -0.176. The number of hydrogen-bond acceptors (Lipinski definition) is 3. The third kappa shape index (κ3) is 5.79. The number of nitrogens with one attached hydrogen (secondary N) is 1. The van der Waals surface area contributed by atoms with Gasteiger partial charge in [0.15, 0.2) is 0 Å². The van der Waals surface area contributed by atoms with E-state index < -0.39 is 12.8 Å². The molecule has 1 N–H and O–H groups in total. The number of amides is 1. The van der Waals surface area contributed by atoms with E-state index in [9.17, 15) is 18.0 Å². The zero-order chi connectivity index (χ0) is 20.0. The first-order valence-electron chi connectivity index (χ1n) is 8.72. The lowest BCUT2D eigenvalue weighted by Gasteiger charge is -2.09. The Kier molecular flexibility index (Phi) is 6.26. The molecule has 28 heavy (non-hydrogen) atoms. The van der Waals surface area contributed by atoms with Gasteiger partial charge in [0.25, 0.3) is 0 Å². The van der Waals surface area contributed by atoms with Crippen LogP contribution in [0.2, 0.25) is 0 Å². The Balaban J connectivity index is 1.50. The Labute approximate surface area is 160 Å². The van der Waals surface area contributed by atoms with Crippen LogP contribution in [0.3, 0.4) is 0 Å². The van der Waals surface area contributed by atoms with Crippen molar-refractivity contribution in [2.24, 2.45) is 0 Å². The summed E-state index contributed by atoms with van der Waals surface area (Å²) in [5, 5.41) is 3.83. The van der Waals surface area contributed by atoms with Gasteiger partial charge < -0.3 is 10.1 Å². The summed E-state index contributed by atoms with van der Waals surface area (Å²) < 4.78 is 40.8. The van der Waals surface area contributed by atoms with Gasteiger partial charge in [-0.1, -0.05) is 48.5 Å². The van der Waals surface area contributed by atoms with Crippen LogP contribution in [0.1, 0.15) is 16.7 Å². The Morgan fingerprint density at radius 1 is 1.00 bits per heavy atom. The number of halogens is 3. The van der Waals surface area contributed by atoms with Crippen LogP contribution >= 0.6 is 0 Å². The number of ether oxygens (including phenoxy) is 1. The fourth-order valence-electron chi connectivity index (χ4n) is 2.78. The summed E-state index contributed by atoms with van der Waals surface area (Å²) in [6.45, 7) is -1.05. The highest BCUT2D eigenvalue weighted by molar-refractivity contribution is 5.87. The van der Waals surface area contributed by atoms with Crippen molar-refractivity contribution >= 4 is 16.8 Å². The number of nitrogens with zero attached hydrogens (tertiary/aromatic N) is 1. The predicted octanol–water partition coefficient (Wildman–Crippen LogP) is 4.17. The van der Waals surface area contributed by atoms with Crippen molar-refractivity contribution in [3.05, 3.63) is 77.5 Å². The van der Waals surface area contributed by atoms with Crippen molar-refractivity contribution in [2.45, 2.75) is 25.7 Å². The van der Waals surface area contributed by atoms with Crippen molar-refractivity contribution < 1.29 is 22.7 Å². The van der Waals surface area contributed by atoms with Gasteiger partial charge in [0.2, 0.25) is 5.91 Å². The van der Waals surface area contributed by atoms with Crippen molar-refractivity contribution in [3.63, 3.8) is 0 Å². The van der Waals surface area contributed by atoms with Crippen LogP contribution < -0.4 is 5.32 Å². The summed E-state index contributed by atoms with van der Waals surface area (Å²) in [6.07, 6.45) is -2.41. The summed E-state index contributed by atoms with van der Waals surface area (Å²) in [6, 6.07) is 16.4. The van der Waals surface area contributed by atoms with Crippen molar-refractivity contribution in [1.29, 1.82) is 0 Å². The van der Waals surface area contributed by atoms with E-state index >= 15 is 0 Å². The average Bonchev–Trinajstić information content (AvgIpc) is 2.67. The molecular weight excluding hydrogens is 369 g/mol. The van der Waals surface area contributed by atoms with Gasteiger partial charge in [0.05, 0.1) is 18.5 Å². The smallest absolute Gasteiger partial charge is 0.367 e. The summed E-state index contributed by atoms with van der Waals surface area (Å²) in [4.78, 5) is 16.6. The first-order valence-corrected chi connectivity index (χ1v) is 8.72. The fraction of sp³-hybridized carbons (Fsp3) is 0.238. The summed E-state index contributed by atoms with van der Waals surface area (Å²) in [5.41, 5.74) is 3.15. The van der Waals surface area contributed by atoms with Gasteiger partial charge in [-0.2, -0.15) is 13.2 Å².